The zero-order chi connectivity index (χ0) is 17.1. The van der Waals surface area contributed by atoms with E-state index in [2.05, 4.69) is 15.9 Å². The number of ketones is 1. The summed E-state index contributed by atoms with van der Waals surface area (Å²) in [5.41, 5.74) is -0.562. The number of hydrogen-bond donors (Lipinski definition) is 0. The Bertz CT molecular complexity index is 606. The monoisotopic (exact) mass is 371 g/mol. The zero-order valence-electron chi connectivity index (χ0n) is 12.9. The fourth-order valence-corrected chi connectivity index (χ4v) is 2.41. The number of hydrogen-bond acceptors (Lipinski definition) is 5. The van der Waals surface area contributed by atoms with E-state index in [9.17, 15) is 19.7 Å². The molecule has 0 spiro atoms. The maximum Gasteiger partial charge on any atom is 0.317 e. The van der Waals surface area contributed by atoms with Gasteiger partial charge in [-0.1, -0.05) is 22.0 Å². The summed E-state index contributed by atoms with van der Waals surface area (Å²) < 4.78 is 5.71. The van der Waals surface area contributed by atoms with Crippen LogP contribution in [0.15, 0.2) is 22.7 Å². The smallest absolute Gasteiger partial charge is 0.317 e. The predicted octanol–water partition coefficient (Wildman–Crippen LogP) is 3.45. The van der Waals surface area contributed by atoms with Crippen molar-refractivity contribution in [1.29, 1.82) is 0 Å². The van der Waals surface area contributed by atoms with Crippen LogP contribution in [0.4, 0.5) is 5.69 Å². The third-order valence-corrected chi connectivity index (χ3v) is 3.62. The van der Waals surface area contributed by atoms with Gasteiger partial charge in [0, 0.05) is 22.5 Å². The number of rotatable bonds is 5. The number of benzene rings is 1. The Morgan fingerprint density at radius 2 is 1.95 bits per heavy atom. The highest BCUT2D eigenvalue weighted by atomic mass is 79.9. The number of carbonyl (C=O) groups is 2. The van der Waals surface area contributed by atoms with Crippen LogP contribution in [0.5, 0.6) is 0 Å². The van der Waals surface area contributed by atoms with E-state index in [4.69, 9.17) is 4.74 Å². The van der Waals surface area contributed by atoms with Crippen LogP contribution in [-0.4, -0.2) is 22.3 Å². The van der Waals surface area contributed by atoms with Crippen molar-refractivity contribution in [3.8, 4) is 0 Å². The van der Waals surface area contributed by atoms with E-state index in [1.807, 2.05) is 0 Å². The van der Waals surface area contributed by atoms with Crippen LogP contribution in [0, 0.1) is 16.0 Å². The van der Waals surface area contributed by atoms with Gasteiger partial charge in [-0.15, -0.1) is 0 Å². The Hall–Kier alpha value is -1.76. The highest BCUT2D eigenvalue weighted by molar-refractivity contribution is 9.10. The van der Waals surface area contributed by atoms with Crippen molar-refractivity contribution in [3.63, 3.8) is 0 Å². The van der Waals surface area contributed by atoms with Crippen molar-refractivity contribution in [3.05, 3.63) is 38.3 Å². The van der Waals surface area contributed by atoms with Crippen LogP contribution >= 0.6 is 15.9 Å². The van der Waals surface area contributed by atoms with Gasteiger partial charge < -0.3 is 4.74 Å². The number of nitro groups is 1. The molecule has 0 heterocycles. The molecule has 1 rings (SSSR count). The fraction of sp³-hybridized carbons (Fsp3) is 0.467. The van der Waals surface area contributed by atoms with E-state index in [0.717, 1.165) is 0 Å². The first-order chi connectivity index (χ1) is 10.0. The lowest BCUT2D eigenvalue weighted by Gasteiger charge is -2.23. The van der Waals surface area contributed by atoms with Gasteiger partial charge in [0.1, 0.15) is 17.3 Å². The Morgan fingerprint density at radius 3 is 2.41 bits per heavy atom. The lowest BCUT2D eigenvalue weighted by Crippen LogP contribution is -2.33. The molecule has 0 aliphatic heterocycles. The lowest BCUT2D eigenvalue weighted by molar-refractivity contribution is -0.385. The Balaban J connectivity index is 3.15. The standard InChI is InChI=1S/C15H18BrNO5/c1-9(18)10(14(19)22-15(2,3)4)8-11-12(16)6-5-7-13(11)17(20)21/h5-7,10H,8H2,1-4H3. The van der Waals surface area contributed by atoms with Crippen molar-refractivity contribution < 1.29 is 19.2 Å². The molecule has 0 saturated carbocycles. The normalized spacial score (nSPS) is 12.6. The highest BCUT2D eigenvalue weighted by Crippen LogP contribution is 2.30. The van der Waals surface area contributed by atoms with E-state index in [1.165, 1.54) is 19.1 Å². The van der Waals surface area contributed by atoms with E-state index >= 15 is 0 Å². The maximum absolute atomic E-state index is 12.2. The SMILES string of the molecule is CC(=O)C(Cc1c(Br)cccc1[N+](=O)[O-])C(=O)OC(C)(C)C. The van der Waals surface area contributed by atoms with Gasteiger partial charge in [-0.05, 0) is 33.8 Å². The van der Waals surface area contributed by atoms with Crippen LogP contribution in [0.2, 0.25) is 0 Å². The Labute approximate surface area is 137 Å². The summed E-state index contributed by atoms with van der Waals surface area (Å²) >= 11 is 3.24. The minimum atomic E-state index is -1.07. The average Bonchev–Trinajstić information content (AvgIpc) is 2.33. The van der Waals surface area contributed by atoms with Gasteiger partial charge in [-0.2, -0.15) is 0 Å². The Kier molecular flexibility index (Phi) is 5.82. The fourth-order valence-electron chi connectivity index (χ4n) is 1.89. The molecule has 1 unspecified atom stereocenters. The summed E-state index contributed by atoms with van der Waals surface area (Å²) in [5.74, 6) is -2.14. The quantitative estimate of drug-likeness (QED) is 0.342. The number of halogens is 1. The van der Waals surface area contributed by atoms with Gasteiger partial charge in [0.05, 0.1) is 4.92 Å². The molecule has 1 aromatic rings. The first kappa shape index (κ1) is 18.3. The molecule has 0 saturated heterocycles. The number of nitrogens with zero attached hydrogens (tertiary/aromatic N) is 1. The molecule has 0 amide bonds. The highest BCUT2D eigenvalue weighted by Gasteiger charge is 2.32. The molecule has 0 bridgehead atoms. The third-order valence-electron chi connectivity index (χ3n) is 2.88. The summed E-state index contributed by atoms with van der Waals surface area (Å²) in [6.45, 7) is 6.37. The number of ether oxygens (including phenoxy) is 1. The van der Waals surface area contributed by atoms with Crippen LogP contribution < -0.4 is 0 Å². The molecule has 0 aliphatic carbocycles. The van der Waals surface area contributed by atoms with Gasteiger partial charge >= 0.3 is 5.97 Å². The number of esters is 1. The van der Waals surface area contributed by atoms with Crippen LogP contribution in [0.3, 0.4) is 0 Å². The first-order valence-electron chi connectivity index (χ1n) is 6.68. The molecule has 0 aromatic heterocycles. The average molecular weight is 372 g/mol. The van der Waals surface area contributed by atoms with E-state index in [0.29, 0.717) is 10.0 Å². The molecule has 0 N–H and O–H groups in total. The van der Waals surface area contributed by atoms with E-state index in [1.54, 1.807) is 26.8 Å². The minimum absolute atomic E-state index is 0.0814. The van der Waals surface area contributed by atoms with Gasteiger partial charge in [-0.25, -0.2) is 0 Å². The molecule has 1 aromatic carbocycles. The molecular formula is C15H18BrNO5. The molecule has 6 nitrogen and oxygen atoms in total. The second-order valence-corrected chi connectivity index (χ2v) is 6.75. The van der Waals surface area contributed by atoms with E-state index < -0.39 is 22.4 Å². The lowest BCUT2D eigenvalue weighted by atomic mass is 9.94. The Morgan fingerprint density at radius 1 is 1.36 bits per heavy atom. The predicted molar refractivity (Wildman–Crippen MR) is 84.5 cm³/mol. The summed E-state index contributed by atoms with van der Waals surface area (Å²) in [5, 5.41) is 11.1. The third kappa shape index (κ3) is 4.91. The van der Waals surface area contributed by atoms with Crippen LogP contribution in [-0.2, 0) is 20.7 Å². The number of Topliss-reactive ketones (excluding diaryl/α,β-unsaturated/α-hetero) is 1. The van der Waals surface area contributed by atoms with Gasteiger partial charge in [-0.3, -0.25) is 19.7 Å². The van der Waals surface area contributed by atoms with Crippen molar-refractivity contribution in [2.45, 2.75) is 39.7 Å². The molecule has 0 fully saturated rings. The molecule has 22 heavy (non-hydrogen) atoms. The molecule has 0 aliphatic rings. The number of carbonyl (C=O) groups excluding carboxylic acids is 2. The zero-order valence-corrected chi connectivity index (χ0v) is 14.5. The molecule has 1 atom stereocenters. The number of nitro benzene ring substituents is 1. The second-order valence-electron chi connectivity index (χ2n) is 5.90. The van der Waals surface area contributed by atoms with Crippen molar-refractivity contribution in [2.75, 3.05) is 0 Å². The molecule has 120 valence electrons. The van der Waals surface area contributed by atoms with Gasteiger partial charge in [0.2, 0.25) is 0 Å². The molecule has 7 heteroatoms. The molecular weight excluding hydrogens is 354 g/mol. The second kappa shape index (κ2) is 7.00. The topological polar surface area (TPSA) is 86.5 Å². The van der Waals surface area contributed by atoms with Crippen molar-refractivity contribution in [1.82, 2.24) is 0 Å². The summed E-state index contributed by atoms with van der Waals surface area (Å²) in [6.07, 6.45) is -0.0814. The largest absolute Gasteiger partial charge is 0.459 e. The van der Waals surface area contributed by atoms with E-state index in [-0.39, 0.29) is 17.9 Å². The van der Waals surface area contributed by atoms with Gasteiger partial charge in [0.15, 0.2) is 0 Å². The van der Waals surface area contributed by atoms with Gasteiger partial charge in [0.25, 0.3) is 5.69 Å². The summed E-state index contributed by atoms with van der Waals surface area (Å²) in [4.78, 5) is 34.5. The maximum atomic E-state index is 12.2. The molecule has 0 radical (unpaired) electrons. The van der Waals surface area contributed by atoms with Crippen LogP contribution in [0.1, 0.15) is 33.3 Å². The van der Waals surface area contributed by atoms with Crippen LogP contribution in [0.25, 0.3) is 0 Å². The summed E-state index contributed by atoms with van der Waals surface area (Å²) in [7, 11) is 0. The summed E-state index contributed by atoms with van der Waals surface area (Å²) in [6, 6.07) is 4.50. The van der Waals surface area contributed by atoms with Crippen molar-refractivity contribution in [2.24, 2.45) is 5.92 Å². The minimum Gasteiger partial charge on any atom is -0.459 e. The van der Waals surface area contributed by atoms with Crippen molar-refractivity contribution >= 4 is 33.4 Å². The first-order valence-corrected chi connectivity index (χ1v) is 7.47.